The fourth-order valence-corrected chi connectivity index (χ4v) is 1.97. The lowest BCUT2D eigenvalue weighted by Gasteiger charge is -2.18. The van der Waals surface area contributed by atoms with Gasteiger partial charge in [0.15, 0.2) is 6.10 Å². The van der Waals surface area contributed by atoms with Crippen LogP contribution in [0.1, 0.15) is 36.0 Å². The third-order valence-corrected chi connectivity index (χ3v) is 3.35. The third kappa shape index (κ3) is 4.63. The second kappa shape index (κ2) is 7.56. The van der Waals surface area contributed by atoms with Gasteiger partial charge in [-0.1, -0.05) is 12.1 Å². The van der Waals surface area contributed by atoms with Gasteiger partial charge in [-0.2, -0.15) is 0 Å². The molecule has 0 fully saturated rings. The fourth-order valence-electron chi connectivity index (χ4n) is 1.97. The van der Waals surface area contributed by atoms with Gasteiger partial charge >= 0.3 is 11.9 Å². The summed E-state index contributed by atoms with van der Waals surface area (Å²) in [7, 11) is 0. The highest BCUT2D eigenvalue weighted by Crippen LogP contribution is 2.17. The number of carbonyl (C=O) groups is 2. The maximum Gasteiger partial charge on any atom is 0.433 e. The van der Waals surface area contributed by atoms with E-state index in [1.54, 1.807) is 6.92 Å². The van der Waals surface area contributed by atoms with Crippen molar-refractivity contribution in [1.82, 2.24) is 5.32 Å². The van der Waals surface area contributed by atoms with E-state index in [1.165, 1.54) is 31.2 Å². The van der Waals surface area contributed by atoms with Gasteiger partial charge in [-0.3, -0.25) is 14.9 Å². The van der Waals surface area contributed by atoms with Gasteiger partial charge in [0.1, 0.15) is 10.7 Å². The third-order valence-electron chi connectivity index (χ3n) is 3.35. The van der Waals surface area contributed by atoms with Crippen molar-refractivity contribution in [3.63, 3.8) is 0 Å². The molecule has 9 heteroatoms. The molecule has 0 saturated carbocycles. The van der Waals surface area contributed by atoms with Crippen molar-refractivity contribution < 1.29 is 28.1 Å². The Morgan fingerprint density at radius 1 is 1.20 bits per heavy atom. The molecule has 2 aromatic rings. The summed E-state index contributed by atoms with van der Waals surface area (Å²) in [6.45, 7) is 3.04. The van der Waals surface area contributed by atoms with Crippen LogP contribution in [0.15, 0.2) is 40.8 Å². The van der Waals surface area contributed by atoms with E-state index in [1.807, 2.05) is 0 Å². The lowest BCUT2D eigenvalue weighted by molar-refractivity contribution is -0.402. The van der Waals surface area contributed by atoms with Crippen LogP contribution >= 0.6 is 0 Å². The van der Waals surface area contributed by atoms with E-state index < -0.39 is 40.6 Å². The lowest BCUT2D eigenvalue weighted by atomic mass is 10.1. The van der Waals surface area contributed by atoms with Crippen molar-refractivity contribution >= 4 is 17.8 Å². The average molecular weight is 350 g/mol. The number of esters is 1. The lowest BCUT2D eigenvalue weighted by Crippen LogP contribution is -2.37. The Kier molecular flexibility index (Phi) is 5.48. The molecule has 0 aliphatic carbocycles. The Morgan fingerprint density at radius 2 is 1.84 bits per heavy atom. The molecule has 0 radical (unpaired) electrons. The number of amides is 1. The fraction of sp³-hybridized carbons (Fsp3) is 0.250. The molecule has 1 aromatic heterocycles. The van der Waals surface area contributed by atoms with Crippen molar-refractivity contribution in [2.75, 3.05) is 0 Å². The van der Waals surface area contributed by atoms with Crippen LogP contribution in [0.2, 0.25) is 0 Å². The van der Waals surface area contributed by atoms with Gasteiger partial charge < -0.3 is 14.5 Å². The van der Waals surface area contributed by atoms with Gasteiger partial charge in [-0.05, 0) is 37.6 Å². The number of nitro groups is 1. The first-order chi connectivity index (χ1) is 11.8. The van der Waals surface area contributed by atoms with Crippen molar-refractivity contribution in [1.29, 1.82) is 0 Å². The Labute approximate surface area is 141 Å². The van der Waals surface area contributed by atoms with Crippen LogP contribution in [0.5, 0.6) is 0 Å². The summed E-state index contributed by atoms with van der Waals surface area (Å²) in [5, 5.41) is 13.1. The number of benzene rings is 1. The van der Waals surface area contributed by atoms with Crippen molar-refractivity contribution in [3.8, 4) is 0 Å². The molecule has 1 amide bonds. The number of hydrogen-bond acceptors (Lipinski definition) is 6. The van der Waals surface area contributed by atoms with Crippen LogP contribution in [-0.2, 0) is 9.53 Å². The molecule has 8 nitrogen and oxygen atoms in total. The topological polar surface area (TPSA) is 112 Å². The van der Waals surface area contributed by atoms with E-state index in [9.17, 15) is 24.1 Å². The number of nitrogens with one attached hydrogen (secondary N) is 1. The summed E-state index contributed by atoms with van der Waals surface area (Å²) in [5.74, 6) is -2.94. The van der Waals surface area contributed by atoms with E-state index in [0.717, 1.165) is 12.1 Å². The van der Waals surface area contributed by atoms with Crippen molar-refractivity contribution in [2.24, 2.45) is 0 Å². The quantitative estimate of drug-likeness (QED) is 0.487. The van der Waals surface area contributed by atoms with Crippen molar-refractivity contribution in [3.05, 3.63) is 63.7 Å². The zero-order valence-electron chi connectivity index (χ0n) is 13.4. The second-order valence-electron chi connectivity index (χ2n) is 5.22. The molecule has 1 aromatic carbocycles. The minimum Gasteiger partial charge on any atom is -0.447 e. The van der Waals surface area contributed by atoms with E-state index in [4.69, 9.17) is 9.15 Å². The first-order valence-corrected chi connectivity index (χ1v) is 7.29. The monoisotopic (exact) mass is 350 g/mol. The zero-order chi connectivity index (χ0) is 18.6. The molecule has 0 aliphatic heterocycles. The number of ether oxygens (including phenoxy) is 1. The number of carbonyl (C=O) groups excluding carboxylic acids is 2. The maximum absolute atomic E-state index is 12.9. The molecule has 2 atom stereocenters. The molecular weight excluding hydrogens is 335 g/mol. The minimum atomic E-state index is -1.15. The second-order valence-corrected chi connectivity index (χ2v) is 5.22. The number of rotatable bonds is 6. The Bertz CT molecular complexity index is 786. The molecule has 0 aliphatic rings. The van der Waals surface area contributed by atoms with Crippen LogP contribution in [0.25, 0.3) is 0 Å². The van der Waals surface area contributed by atoms with E-state index in [-0.39, 0.29) is 5.76 Å². The van der Waals surface area contributed by atoms with Gasteiger partial charge in [0.05, 0.1) is 12.1 Å². The molecule has 1 N–H and O–H groups in total. The van der Waals surface area contributed by atoms with Crippen LogP contribution in [-0.4, -0.2) is 22.9 Å². The Hall–Kier alpha value is -3.23. The van der Waals surface area contributed by atoms with Gasteiger partial charge in [-0.15, -0.1) is 0 Å². The summed E-state index contributed by atoms with van der Waals surface area (Å²) in [4.78, 5) is 33.6. The highest BCUT2D eigenvalue weighted by atomic mass is 19.1. The summed E-state index contributed by atoms with van der Waals surface area (Å²) < 4.78 is 22.5. The van der Waals surface area contributed by atoms with E-state index in [0.29, 0.717) is 5.56 Å². The molecule has 2 unspecified atom stereocenters. The molecule has 0 spiro atoms. The summed E-state index contributed by atoms with van der Waals surface area (Å²) in [5.41, 5.74) is 0.676. The normalized spacial score (nSPS) is 12.9. The highest BCUT2D eigenvalue weighted by molar-refractivity contribution is 5.90. The summed E-state index contributed by atoms with van der Waals surface area (Å²) >= 11 is 0. The minimum absolute atomic E-state index is 0.377. The van der Waals surface area contributed by atoms with Gasteiger partial charge in [0.2, 0.25) is 5.76 Å². The molecule has 132 valence electrons. The standard InChI is InChI=1S/C16H15FN2O6/c1-9(11-3-5-12(17)6-4-11)18-15(20)10(2)24-16(21)13-7-8-14(25-13)19(22)23/h3-10H,1-2H3,(H,18,20). The zero-order valence-corrected chi connectivity index (χ0v) is 13.4. The maximum atomic E-state index is 12.9. The number of nitrogens with zero attached hydrogens (tertiary/aromatic N) is 1. The average Bonchev–Trinajstić information content (AvgIpc) is 3.05. The van der Waals surface area contributed by atoms with Crippen LogP contribution in [0.3, 0.4) is 0 Å². The largest absolute Gasteiger partial charge is 0.447 e. The first kappa shape index (κ1) is 18.1. The first-order valence-electron chi connectivity index (χ1n) is 7.29. The summed E-state index contributed by atoms with van der Waals surface area (Å²) in [6.07, 6.45) is -1.15. The molecular formula is C16H15FN2O6. The molecule has 0 saturated heterocycles. The predicted molar refractivity (Wildman–Crippen MR) is 83.2 cm³/mol. The van der Waals surface area contributed by atoms with Gasteiger partial charge in [-0.25, -0.2) is 9.18 Å². The molecule has 0 bridgehead atoms. The predicted octanol–water partition coefficient (Wildman–Crippen LogP) is 2.75. The van der Waals surface area contributed by atoms with Gasteiger partial charge in [0.25, 0.3) is 5.91 Å². The highest BCUT2D eigenvalue weighted by Gasteiger charge is 2.24. The Morgan fingerprint density at radius 3 is 2.40 bits per heavy atom. The molecule has 2 rings (SSSR count). The van der Waals surface area contributed by atoms with Gasteiger partial charge in [0, 0.05) is 0 Å². The van der Waals surface area contributed by atoms with Crippen LogP contribution < -0.4 is 5.32 Å². The van der Waals surface area contributed by atoms with Crippen molar-refractivity contribution in [2.45, 2.75) is 26.0 Å². The number of halogens is 1. The molecule has 25 heavy (non-hydrogen) atoms. The number of furan rings is 1. The SMILES string of the molecule is CC(OC(=O)c1ccc([N+](=O)[O-])o1)C(=O)NC(C)c1ccc(F)cc1. The van der Waals surface area contributed by atoms with E-state index in [2.05, 4.69) is 5.32 Å². The van der Waals surface area contributed by atoms with Crippen LogP contribution in [0.4, 0.5) is 10.3 Å². The molecule has 1 heterocycles. The number of hydrogen-bond donors (Lipinski definition) is 1. The summed E-state index contributed by atoms with van der Waals surface area (Å²) in [6, 6.07) is 7.26. The smallest absolute Gasteiger partial charge is 0.433 e. The Balaban J connectivity index is 1.93. The van der Waals surface area contributed by atoms with Crippen LogP contribution in [0, 0.1) is 15.9 Å². The van der Waals surface area contributed by atoms with E-state index >= 15 is 0 Å².